The second kappa shape index (κ2) is 17.4. The summed E-state index contributed by atoms with van der Waals surface area (Å²) >= 11 is 0. The Bertz CT molecular complexity index is 4510. The van der Waals surface area contributed by atoms with Crippen LogP contribution in [0.2, 0.25) is 39.3 Å². The molecule has 0 saturated heterocycles. The number of benzene rings is 11. The van der Waals surface area contributed by atoms with Crippen LogP contribution in [0.4, 0.5) is 34.1 Å². The van der Waals surface area contributed by atoms with Gasteiger partial charge in [0.25, 0.3) is 0 Å². The van der Waals surface area contributed by atoms with E-state index in [9.17, 15) is 0 Å². The van der Waals surface area contributed by atoms with Crippen molar-refractivity contribution in [2.75, 3.05) is 9.80 Å². The predicted octanol–water partition coefficient (Wildman–Crippen LogP) is 21.0. The van der Waals surface area contributed by atoms with Gasteiger partial charge in [-0.25, -0.2) is 0 Å². The van der Waals surface area contributed by atoms with E-state index in [-0.39, 0.29) is 4.66 Å². The maximum absolute atomic E-state index is 6.98. The maximum Gasteiger partial charge on any atom is 0.159 e. The zero-order valence-corrected chi connectivity index (χ0v) is 47.3. The van der Waals surface area contributed by atoms with Gasteiger partial charge in [0.15, 0.2) is 11.2 Å². The van der Waals surface area contributed by atoms with Crippen molar-refractivity contribution in [2.45, 2.75) is 70.6 Å². The average molecular weight is 1030 g/mol. The van der Waals surface area contributed by atoms with E-state index in [2.05, 4.69) is 269 Å². The highest BCUT2D eigenvalue weighted by Gasteiger charge is 2.60. The second-order valence-corrected chi connectivity index (χ2v) is 34.3. The van der Waals surface area contributed by atoms with E-state index in [1.54, 1.807) is 0 Å². The monoisotopic (exact) mass is 1030 g/mol. The molecule has 0 unspecified atom stereocenters. The molecule has 0 radical (unpaired) electrons. The number of anilines is 6. The SMILES string of the molecule is CCc1cccc2c1oc1c(N(c3ccccc3)c3ccc4c5c(ccc4c3)-c3c(c4ccc(N(c6ccccc6)c6cccc7c6oc6c(CC)cccc67)cc4c4ccccc34)C5([Si](C)(C)C)[Si](C)(C)C)cccc12. The zero-order valence-electron chi connectivity index (χ0n) is 45.3. The standard InChI is InChI=1S/C71H62N2O2Si2/c1-9-45-23-19-31-56-58-33-21-35-62(69(58)74-67(45)56)72(48-25-13-11-14-26-48)50-38-41-52-47(43-50)37-40-60-64-54-30-18-17-29-53(54)61-44-51(39-42-55(61)66(64)71(65(52)60,76(3,4)5)77(6,7)8)73(49-27-15-12-16-28-49)63-36-22-34-59-57-32-20-24-46(10-2)68(57)75-70(59)63/h11-44H,9-10H2,1-8H3. The van der Waals surface area contributed by atoms with Gasteiger partial charge in [0.05, 0.1) is 27.5 Å². The molecule has 376 valence electrons. The Morgan fingerprint density at radius 1 is 0.351 bits per heavy atom. The van der Waals surface area contributed by atoms with Crippen molar-refractivity contribution in [2.24, 2.45) is 0 Å². The minimum atomic E-state index is -2.21. The molecule has 6 heteroatoms. The molecule has 11 aromatic carbocycles. The molecule has 1 aliphatic rings. The van der Waals surface area contributed by atoms with Gasteiger partial charge >= 0.3 is 0 Å². The molecule has 0 aliphatic heterocycles. The lowest BCUT2D eigenvalue weighted by atomic mass is 9.91. The van der Waals surface area contributed by atoms with Gasteiger partial charge in [0.1, 0.15) is 11.2 Å². The fourth-order valence-corrected chi connectivity index (χ4v) is 27.5. The van der Waals surface area contributed by atoms with Gasteiger partial charge in [-0.2, -0.15) is 0 Å². The third-order valence-electron chi connectivity index (χ3n) is 17.2. The number of furan rings is 2. The van der Waals surface area contributed by atoms with E-state index in [0.717, 1.165) is 90.8 Å². The van der Waals surface area contributed by atoms with Gasteiger partial charge in [-0.3, -0.25) is 0 Å². The molecule has 13 aromatic rings. The van der Waals surface area contributed by atoms with Crippen molar-refractivity contribution in [3.8, 4) is 11.1 Å². The number of para-hydroxylation sites is 6. The maximum atomic E-state index is 6.98. The largest absolute Gasteiger partial charge is 0.454 e. The minimum absolute atomic E-state index is 0.165. The van der Waals surface area contributed by atoms with Crippen molar-refractivity contribution in [3.63, 3.8) is 0 Å². The molecule has 1 aliphatic carbocycles. The Kier molecular flexibility index (Phi) is 10.7. The summed E-state index contributed by atoms with van der Waals surface area (Å²) < 4.78 is 13.8. The number of rotatable bonds is 10. The highest BCUT2D eigenvalue weighted by molar-refractivity contribution is 7.00. The Morgan fingerprint density at radius 2 is 0.805 bits per heavy atom. The molecule has 0 saturated carbocycles. The first-order chi connectivity index (χ1) is 37.4. The van der Waals surface area contributed by atoms with Gasteiger partial charge in [-0.1, -0.05) is 199 Å². The Morgan fingerprint density at radius 3 is 1.32 bits per heavy atom. The van der Waals surface area contributed by atoms with E-state index in [1.165, 1.54) is 65.7 Å². The summed E-state index contributed by atoms with van der Waals surface area (Å²) in [5, 5.41) is 12.4. The van der Waals surface area contributed by atoms with Crippen LogP contribution in [0.15, 0.2) is 215 Å². The smallest absolute Gasteiger partial charge is 0.159 e. The Balaban J connectivity index is 1.01. The van der Waals surface area contributed by atoms with Crippen LogP contribution < -0.4 is 9.80 Å². The van der Waals surface area contributed by atoms with E-state index in [1.807, 2.05) is 0 Å². The average Bonchev–Trinajstić information content (AvgIpc) is 4.33. The summed E-state index contributed by atoms with van der Waals surface area (Å²) in [5.74, 6) is 0. The third-order valence-corrected chi connectivity index (χ3v) is 27.2. The van der Waals surface area contributed by atoms with Crippen molar-refractivity contribution in [1.29, 1.82) is 0 Å². The normalized spacial score (nSPS) is 13.4. The van der Waals surface area contributed by atoms with Crippen molar-refractivity contribution < 1.29 is 8.83 Å². The van der Waals surface area contributed by atoms with Crippen molar-refractivity contribution in [3.05, 3.63) is 229 Å². The molecule has 14 rings (SSSR count). The number of nitrogens with zero attached hydrogens (tertiary/aromatic N) is 2. The third kappa shape index (κ3) is 6.81. The van der Waals surface area contributed by atoms with Crippen molar-refractivity contribution >= 4 is 126 Å². The van der Waals surface area contributed by atoms with Crippen LogP contribution in [0, 0.1) is 0 Å². The molecule has 0 bridgehead atoms. The molecule has 4 nitrogen and oxygen atoms in total. The zero-order chi connectivity index (χ0) is 52.5. The van der Waals surface area contributed by atoms with Crippen LogP contribution in [0.3, 0.4) is 0 Å². The summed E-state index contributed by atoms with van der Waals surface area (Å²) in [7, 11) is -4.42. The topological polar surface area (TPSA) is 32.8 Å². The molecule has 2 heterocycles. The van der Waals surface area contributed by atoms with Crippen LogP contribution >= 0.6 is 0 Å². The minimum Gasteiger partial charge on any atom is -0.454 e. The van der Waals surface area contributed by atoms with Crippen LogP contribution in [-0.2, 0) is 17.5 Å². The molecular weight excluding hydrogens is 969 g/mol. The first kappa shape index (κ1) is 47.3. The molecule has 0 atom stereocenters. The lowest BCUT2D eigenvalue weighted by Gasteiger charge is -2.52. The lowest BCUT2D eigenvalue weighted by molar-refractivity contribution is 0.663. The number of aryl methyl sites for hydroxylation is 2. The first-order valence-electron chi connectivity index (χ1n) is 27.5. The highest BCUT2D eigenvalue weighted by atomic mass is 28.4. The molecule has 2 aromatic heterocycles. The first-order valence-corrected chi connectivity index (χ1v) is 34.5. The van der Waals surface area contributed by atoms with Gasteiger partial charge in [0.2, 0.25) is 0 Å². The van der Waals surface area contributed by atoms with E-state index in [0.29, 0.717) is 0 Å². The van der Waals surface area contributed by atoms with E-state index < -0.39 is 16.1 Å². The van der Waals surface area contributed by atoms with Crippen LogP contribution in [0.1, 0.15) is 36.1 Å². The fraction of sp³-hybridized carbons (Fsp3) is 0.155. The molecule has 0 N–H and O–H groups in total. The van der Waals surface area contributed by atoms with Gasteiger partial charge in [-0.15, -0.1) is 0 Å². The highest BCUT2D eigenvalue weighted by Crippen LogP contribution is 2.63. The van der Waals surface area contributed by atoms with Gasteiger partial charge in [0, 0.05) is 49.0 Å². The molecular formula is C71H62N2O2Si2. The lowest BCUT2D eigenvalue weighted by Crippen LogP contribution is -2.63. The quantitative estimate of drug-likeness (QED) is 0.101. The predicted molar refractivity (Wildman–Crippen MR) is 335 cm³/mol. The van der Waals surface area contributed by atoms with E-state index >= 15 is 0 Å². The Labute approximate surface area is 452 Å². The summed E-state index contributed by atoms with van der Waals surface area (Å²) in [5.41, 5.74) is 18.5. The van der Waals surface area contributed by atoms with Gasteiger partial charge in [-0.05, 0) is 139 Å². The second-order valence-electron chi connectivity index (χ2n) is 23.3. The summed E-state index contributed by atoms with van der Waals surface area (Å²) in [6.45, 7) is 20.3. The summed E-state index contributed by atoms with van der Waals surface area (Å²) in [6, 6.07) is 76.8. The molecule has 0 amide bonds. The molecule has 0 spiro atoms. The fourth-order valence-electron chi connectivity index (χ4n) is 14.5. The Hall–Kier alpha value is -8.17. The van der Waals surface area contributed by atoms with Crippen LogP contribution in [-0.4, -0.2) is 16.1 Å². The van der Waals surface area contributed by atoms with Crippen molar-refractivity contribution in [1.82, 2.24) is 0 Å². The van der Waals surface area contributed by atoms with Crippen LogP contribution in [0.25, 0.3) is 87.3 Å². The van der Waals surface area contributed by atoms with Gasteiger partial charge < -0.3 is 18.6 Å². The number of fused-ring (bicyclic) bond motifs is 16. The summed E-state index contributed by atoms with van der Waals surface area (Å²) in [6.07, 6.45) is 1.81. The number of hydrogen-bond acceptors (Lipinski definition) is 4. The van der Waals surface area contributed by atoms with E-state index in [4.69, 9.17) is 8.83 Å². The summed E-state index contributed by atoms with van der Waals surface area (Å²) in [4.78, 5) is 4.81. The number of hydrogen-bond donors (Lipinski definition) is 0. The van der Waals surface area contributed by atoms with Crippen LogP contribution in [0.5, 0.6) is 0 Å². The molecule has 0 fully saturated rings. The molecule has 77 heavy (non-hydrogen) atoms.